The largest absolute Gasteiger partial charge is 0.325 e. The van der Waals surface area contributed by atoms with Crippen LogP contribution in [-0.2, 0) is 21.2 Å². The number of sulfonamides is 1. The lowest BCUT2D eigenvalue weighted by atomic mass is 10.1. The first kappa shape index (κ1) is 20.7. The van der Waals surface area contributed by atoms with Gasteiger partial charge in [-0.15, -0.1) is 0 Å². The van der Waals surface area contributed by atoms with Crippen LogP contribution in [0.2, 0.25) is 0 Å². The monoisotopic (exact) mass is 392 g/mol. The molecule has 0 aliphatic heterocycles. The van der Waals surface area contributed by atoms with Gasteiger partial charge in [0, 0.05) is 17.8 Å². The molecular weight excluding hydrogens is 371 g/mol. The van der Waals surface area contributed by atoms with E-state index in [0.717, 1.165) is 10.6 Å². The molecule has 0 bridgehead atoms. The highest BCUT2D eigenvalue weighted by molar-refractivity contribution is 7.88. The van der Waals surface area contributed by atoms with Crippen LogP contribution in [0.1, 0.15) is 22.8 Å². The van der Waals surface area contributed by atoms with Gasteiger partial charge in [0.1, 0.15) is 5.82 Å². The Labute approximate surface area is 158 Å². The number of carbonyl (C=O) groups excluding carboxylic acids is 2. The second-order valence-corrected chi connectivity index (χ2v) is 8.11. The molecule has 0 aliphatic carbocycles. The van der Waals surface area contributed by atoms with Gasteiger partial charge >= 0.3 is 0 Å². The highest BCUT2D eigenvalue weighted by Crippen LogP contribution is 2.12. The zero-order valence-electron chi connectivity index (χ0n) is 15.1. The summed E-state index contributed by atoms with van der Waals surface area (Å²) in [6.45, 7) is 0.979. The van der Waals surface area contributed by atoms with Gasteiger partial charge in [0.15, 0.2) is 5.78 Å². The Morgan fingerprint density at radius 1 is 1.11 bits per heavy atom. The van der Waals surface area contributed by atoms with E-state index in [4.69, 9.17) is 0 Å². The minimum absolute atomic E-state index is 0.0271. The molecule has 0 saturated heterocycles. The van der Waals surface area contributed by atoms with Crippen LogP contribution in [0.3, 0.4) is 0 Å². The average Bonchev–Trinajstić information content (AvgIpc) is 2.59. The highest BCUT2D eigenvalue weighted by atomic mass is 32.2. The van der Waals surface area contributed by atoms with Crippen molar-refractivity contribution in [1.29, 1.82) is 0 Å². The molecule has 0 heterocycles. The lowest BCUT2D eigenvalue weighted by Gasteiger charge is -2.19. The fourth-order valence-electron chi connectivity index (χ4n) is 2.49. The number of anilines is 1. The summed E-state index contributed by atoms with van der Waals surface area (Å²) in [5.41, 5.74) is 1.21. The summed E-state index contributed by atoms with van der Waals surface area (Å²) in [6.07, 6.45) is 1.14. The summed E-state index contributed by atoms with van der Waals surface area (Å²) < 4.78 is 38.7. The van der Waals surface area contributed by atoms with Crippen molar-refractivity contribution in [3.8, 4) is 0 Å². The normalized spacial score (nSPS) is 11.4. The lowest BCUT2D eigenvalue weighted by Crippen LogP contribution is -2.38. The lowest BCUT2D eigenvalue weighted by molar-refractivity contribution is -0.116. The Bertz CT molecular complexity index is 944. The van der Waals surface area contributed by atoms with E-state index >= 15 is 0 Å². The minimum atomic E-state index is -3.66. The van der Waals surface area contributed by atoms with Gasteiger partial charge in [0.2, 0.25) is 15.9 Å². The SMILES string of the molecule is CC(=O)c1cccc(NC(=O)CN(CCc2ccccc2F)S(C)(=O)=O)c1. The van der Waals surface area contributed by atoms with Gasteiger partial charge in [0.05, 0.1) is 12.8 Å². The van der Waals surface area contributed by atoms with E-state index in [9.17, 15) is 22.4 Å². The van der Waals surface area contributed by atoms with Crippen LogP contribution in [-0.4, -0.2) is 43.8 Å². The highest BCUT2D eigenvalue weighted by Gasteiger charge is 2.20. The van der Waals surface area contributed by atoms with E-state index in [2.05, 4.69) is 5.32 Å². The number of amides is 1. The van der Waals surface area contributed by atoms with Crippen LogP contribution in [0.25, 0.3) is 0 Å². The van der Waals surface area contributed by atoms with Crippen LogP contribution in [0.5, 0.6) is 0 Å². The molecule has 144 valence electrons. The number of carbonyl (C=O) groups is 2. The zero-order valence-corrected chi connectivity index (χ0v) is 15.9. The first-order valence-electron chi connectivity index (χ1n) is 8.26. The van der Waals surface area contributed by atoms with E-state index < -0.39 is 28.3 Å². The summed E-state index contributed by atoms with van der Waals surface area (Å²) in [7, 11) is -3.66. The predicted molar refractivity (Wildman–Crippen MR) is 102 cm³/mol. The fraction of sp³-hybridized carbons (Fsp3) is 0.263. The second-order valence-electron chi connectivity index (χ2n) is 6.12. The van der Waals surface area contributed by atoms with E-state index in [0.29, 0.717) is 16.8 Å². The molecule has 2 aromatic carbocycles. The topological polar surface area (TPSA) is 83.6 Å². The van der Waals surface area contributed by atoms with E-state index in [1.165, 1.54) is 19.1 Å². The molecule has 2 rings (SSSR count). The Morgan fingerprint density at radius 2 is 1.81 bits per heavy atom. The number of ketones is 1. The Hall–Kier alpha value is -2.58. The number of hydrogen-bond acceptors (Lipinski definition) is 4. The molecule has 1 N–H and O–H groups in total. The number of rotatable bonds is 8. The van der Waals surface area contributed by atoms with Gasteiger partial charge < -0.3 is 5.32 Å². The average molecular weight is 392 g/mol. The number of hydrogen-bond donors (Lipinski definition) is 1. The number of benzene rings is 2. The predicted octanol–water partition coefficient (Wildman–Crippen LogP) is 2.47. The van der Waals surface area contributed by atoms with Crippen LogP contribution in [0.4, 0.5) is 10.1 Å². The van der Waals surface area contributed by atoms with Gasteiger partial charge in [-0.05, 0) is 37.1 Å². The first-order chi connectivity index (χ1) is 12.7. The maximum absolute atomic E-state index is 13.7. The van der Waals surface area contributed by atoms with Gasteiger partial charge in [-0.25, -0.2) is 12.8 Å². The summed E-state index contributed by atoms with van der Waals surface area (Å²) >= 11 is 0. The third kappa shape index (κ3) is 6.26. The van der Waals surface area contributed by atoms with E-state index in [1.54, 1.807) is 36.4 Å². The molecule has 0 saturated carbocycles. The molecular formula is C19H21FN2O4S. The summed E-state index contributed by atoms with van der Waals surface area (Å²) in [4.78, 5) is 23.7. The molecule has 0 radical (unpaired) electrons. The molecule has 2 aromatic rings. The molecule has 0 spiro atoms. The number of nitrogens with one attached hydrogen (secondary N) is 1. The fourth-order valence-corrected chi connectivity index (χ4v) is 3.26. The molecule has 0 aromatic heterocycles. The zero-order chi connectivity index (χ0) is 20.0. The van der Waals surface area contributed by atoms with Crippen molar-refractivity contribution in [3.05, 3.63) is 65.5 Å². The third-order valence-corrected chi connectivity index (χ3v) is 5.18. The van der Waals surface area contributed by atoms with E-state index in [1.807, 2.05) is 0 Å². The third-order valence-electron chi connectivity index (χ3n) is 3.93. The Morgan fingerprint density at radius 3 is 2.44 bits per heavy atom. The van der Waals surface area contributed by atoms with Crippen molar-refractivity contribution in [2.45, 2.75) is 13.3 Å². The molecule has 6 nitrogen and oxygen atoms in total. The maximum atomic E-state index is 13.7. The van der Waals surface area contributed by atoms with Crippen molar-refractivity contribution in [1.82, 2.24) is 4.31 Å². The Kier molecular flexibility index (Phi) is 6.81. The van der Waals surface area contributed by atoms with Gasteiger partial charge in [-0.2, -0.15) is 4.31 Å². The van der Waals surface area contributed by atoms with Crippen molar-refractivity contribution < 1.29 is 22.4 Å². The number of nitrogens with zero attached hydrogens (tertiary/aromatic N) is 1. The molecule has 27 heavy (non-hydrogen) atoms. The number of halogens is 1. The molecule has 0 atom stereocenters. The molecule has 1 amide bonds. The van der Waals surface area contributed by atoms with Crippen LogP contribution >= 0.6 is 0 Å². The standard InChI is InChI=1S/C19H21FN2O4S/c1-14(23)16-7-5-8-17(12-16)21-19(24)13-22(27(2,25)26)11-10-15-6-3-4-9-18(15)20/h3-9,12H,10-11,13H2,1-2H3,(H,21,24). The molecule has 0 fully saturated rings. The van der Waals surface area contributed by atoms with E-state index in [-0.39, 0.29) is 18.7 Å². The van der Waals surface area contributed by atoms with Crippen LogP contribution in [0, 0.1) is 5.82 Å². The van der Waals surface area contributed by atoms with Crippen molar-refractivity contribution in [3.63, 3.8) is 0 Å². The smallest absolute Gasteiger partial charge is 0.239 e. The van der Waals surface area contributed by atoms with Crippen molar-refractivity contribution in [2.75, 3.05) is 24.7 Å². The quantitative estimate of drug-likeness (QED) is 0.700. The number of Topliss-reactive ketones (excluding diaryl/α,β-unsaturated/α-hetero) is 1. The Balaban J connectivity index is 2.05. The molecule has 8 heteroatoms. The van der Waals surface area contributed by atoms with Gasteiger partial charge in [-0.1, -0.05) is 30.3 Å². The van der Waals surface area contributed by atoms with Crippen molar-refractivity contribution in [2.24, 2.45) is 0 Å². The minimum Gasteiger partial charge on any atom is -0.325 e. The van der Waals surface area contributed by atoms with Crippen LogP contribution in [0.15, 0.2) is 48.5 Å². The summed E-state index contributed by atoms with van der Waals surface area (Å²) in [6, 6.07) is 12.5. The molecule has 0 unspecified atom stereocenters. The summed E-state index contributed by atoms with van der Waals surface area (Å²) in [5.74, 6) is -1.11. The van der Waals surface area contributed by atoms with Crippen molar-refractivity contribution >= 4 is 27.4 Å². The first-order valence-corrected chi connectivity index (χ1v) is 10.1. The van der Waals surface area contributed by atoms with Gasteiger partial charge in [0.25, 0.3) is 0 Å². The van der Waals surface area contributed by atoms with Gasteiger partial charge in [-0.3, -0.25) is 9.59 Å². The molecule has 0 aliphatic rings. The van der Waals surface area contributed by atoms with Crippen LogP contribution < -0.4 is 5.32 Å². The maximum Gasteiger partial charge on any atom is 0.239 e. The summed E-state index contributed by atoms with van der Waals surface area (Å²) in [5, 5.41) is 2.58. The second kappa shape index (κ2) is 8.88.